The van der Waals surface area contributed by atoms with Crippen LogP contribution in [0, 0.1) is 10.1 Å². The minimum atomic E-state index is -0.508. The van der Waals surface area contributed by atoms with Gasteiger partial charge in [0, 0.05) is 32.2 Å². The van der Waals surface area contributed by atoms with Crippen molar-refractivity contribution in [3.05, 3.63) is 34.6 Å². The van der Waals surface area contributed by atoms with Crippen LogP contribution in [0.4, 0.5) is 23.0 Å². The van der Waals surface area contributed by atoms with E-state index in [0.29, 0.717) is 36.9 Å². The van der Waals surface area contributed by atoms with E-state index in [0.717, 1.165) is 19.6 Å². The maximum atomic E-state index is 11.7. The molecule has 1 fully saturated rings. The van der Waals surface area contributed by atoms with Gasteiger partial charge in [0.15, 0.2) is 0 Å². The van der Waals surface area contributed by atoms with E-state index in [1.807, 2.05) is 0 Å². The van der Waals surface area contributed by atoms with Crippen molar-refractivity contribution in [1.29, 1.82) is 0 Å². The average molecular weight is 404 g/mol. The molecule has 1 aliphatic rings. The standard InChI is InChI=1S/C18H24N6O5/c1-27-13-3-4-15(28-2)14(11-13)22-18-16(24(25)26)17(20-12-21-18)19-5-6-23-7-9-29-10-8-23/h3-4,11-12H,5-10H2,1-2H3,(H2,19,20,21,22). The molecule has 3 rings (SSSR count). The molecule has 0 saturated carbocycles. The summed E-state index contributed by atoms with van der Waals surface area (Å²) in [5.74, 6) is 1.29. The number of aromatic nitrogens is 2. The molecule has 2 aromatic rings. The molecule has 11 nitrogen and oxygen atoms in total. The molecule has 0 bridgehead atoms. The van der Waals surface area contributed by atoms with E-state index in [4.69, 9.17) is 14.2 Å². The highest BCUT2D eigenvalue weighted by Gasteiger charge is 2.24. The molecule has 1 saturated heterocycles. The summed E-state index contributed by atoms with van der Waals surface area (Å²) in [6.45, 7) is 4.33. The lowest BCUT2D eigenvalue weighted by Crippen LogP contribution is -2.39. The van der Waals surface area contributed by atoms with Crippen LogP contribution in [0.15, 0.2) is 24.5 Å². The first-order chi connectivity index (χ1) is 14.1. The second kappa shape index (κ2) is 9.85. The second-order valence-corrected chi connectivity index (χ2v) is 6.25. The number of nitrogens with zero attached hydrogens (tertiary/aromatic N) is 4. The van der Waals surface area contributed by atoms with Crippen LogP contribution in [0.5, 0.6) is 11.5 Å². The molecule has 1 aromatic heterocycles. The van der Waals surface area contributed by atoms with E-state index < -0.39 is 4.92 Å². The fraction of sp³-hybridized carbons (Fsp3) is 0.444. The Morgan fingerprint density at radius 3 is 2.66 bits per heavy atom. The van der Waals surface area contributed by atoms with Gasteiger partial charge in [0.05, 0.1) is 38.0 Å². The molecule has 0 amide bonds. The predicted molar refractivity (Wildman–Crippen MR) is 107 cm³/mol. The van der Waals surface area contributed by atoms with Crippen molar-refractivity contribution < 1.29 is 19.1 Å². The van der Waals surface area contributed by atoms with Gasteiger partial charge >= 0.3 is 5.69 Å². The first kappa shape index (κ1) is 20.6. The fourth-order valence-electron chi connectivity index (χ4n) is 2.97. The first-order valence-electron chi connectivity index (χ1n) is 9.14. The zero-order valence-corrected chi connectivity index (χ0v) is 16.4. The molecular formula is C18H24N6O5. The Morgan fingerprint density at radius 1 is 1.21 bits per heavy atom. The summed E-state index contributed by atoms with van der Waals surface area (Å²) in [7, 11) is 3.05. The van der Waals surface area contributed by atoms with Gasteiger partial charge in [-0.1, -0.05) is 0 Å². The first-order valence-corrected chi connectivity index (χ1v) is 9.14. The average Bonchev–Trinajstić information content (AvgIpc) is 2.74. The maximum absolute atomic E-state index is 11.7. The summed E-state index contributed by atoms with van der Waals surface area (Å²) in [4.78, 5) is 21.6. The Morgan fingerprint density at radius 2 is 1.97 bits per heavy atom. The zero-order valence-electron chi connectivity index (χ0n) is 16.4. The van der Waals surface area contributed by atoms with Gasteiger partial charge in [-0.15, -0.1) is 0 Å². The summed E-state index contributed by atoms with van der Waals surface area (Å²) in [6.07, 6.45) is 1.28. The van der Waals surface area contributed by atoms with Gasteiger partial charge in [0.25, 0.3) is 0 Å². The van der Waals surface area contributed by atoms with Crippen LogP contribution in [-0.2, 0) is 4.74 Å². The lowest BCUT2D eigenvalue weighted by molar-refractivity contribution is -0.383. The molecular weight excluding hydrogens is 380 g/mol. The molecule has 0 spiro atoms. The molecule has 1 aliphatic heterocycles. The topological polar surface area (TPSA) is 124 Å². The molecule has 156 valence electrons. The number of nitro groups is 1. The summed E-state index contributed by atoms with van der Waals surface area (Å²) in [6, 6.07) is 5.11. The normalized spacial score (nSPS) is 14.3. The SMILES string of the molecule is COc1ccc(OC)c(Nc2ncnc(NCCN3CCOCC3)c2[N+](=O)[O-])c1. The van der Waals surface area contributed by atoms with Crippen molar-refractivity contribution in [2.24, 2.45) is 0 Å². The smallest absolute Gasteiger partial charge is 0.353 e. The molecule has 2 N–H and O–H groups in total. The molecule has 0 radical (unpaired) electrons. The van der Waals surface area contributed by atoms with Gasteiger partial charge in [-0.3, -0.25) is 15.0 Å². The lowest BCUT2D eigenvalue weighted by Gasteiger charge is -2.26. The highest BCUT2D eigenvalue weighted by Crippen LogP contribution is 2.36. The molecule has 0 atom stereocenters. The van der Waals surface area contributed by atoms with E-state index in [1.54, 1.807) is 18.2 Å². The third-order valence-electron chi connectivity index (χ3n) is 4.49. The molecule has 1 aromatic carbocycles. The Hall–Kier alpha value is -3.18. The fourth-order valence-corrected chi connectivity index (χ4v) is 2.97. The van der Waals surface area contributed by atoms with Crippen molar-refractivity contribution in [2.45, 2.75) is 0 Å². The Balaban J connectivity index is 1.79. The van der Waals surface area contributed by atoms with Gasteiger partial charge in [-0.05, 0) is 12.1 Å². The zero-order chi connectivity index (χ0) is 20.6. The number of anilines is 3. The van der Waals surface area contributed by atoms with Crippen molar-refractivity contribution in [1.82, 2.24) is 14.9 Å². The minimum absolute atomic E-state index is 0.0606. The maximum Gasteiger partial charge on any atom is 0.353 e. The number of hydrogen-bond donors (Lipinski definition) is 2. The van der Waals surface area contributed by atoms with E-state index >= 15 is 0 Å². The van der Waals surface area contributed by atoms with Crippen LogP contribution >= 0.6 is 0 Å². The van der Waals surface area contributed by atoms with Gasteiger partial charge in [-0.2, -0.15) is 0 Å². The monoisotopic (exact) mass is 404 g/mol. The second-order valence-electron chi connectivity index (χ2n) is 6.25. The molecule has 29 heavy (non-hydrogen) atoms. The van der Waals surface area contributed by atoms with Gasteiger partial charge in [0.2, 0.25) is 11.6 Å². The molecule has 2 heterocycles. The Kier molecular flexibility index (Phi) is 6.98. The summed E-state index contributed by atoms with van der Waals surface area (Å²) in [5.41, 5.74) is 0.257. The highest BCUT2D eigenvalue weighted by atomic mass is 16.6. The Bertz CT molecular complexity index is 843. The van der Waals surface area contributed by atoms with Crippen LogP contribution in [-0.4, -0.2) is 73.4 Å². The van der Waals surface area contributed by atoms with Crippen LogP contribution in [0.25, 0.3) is 0 Å². The van der Waals surface area contributed by atoms with E-state index in [9.17, 15) is 10.1 Å². The predicted octanol–water partition coefficient (Wildman–Crippen LogP) is 1.89. The van der Waals surface area contributed by atoms with E-state index in [2.05, 4.69) is 25.5 Å². The lowest BCUT2D eigenvalue weighted by atomic mass is 10.2. The number of rotatable bonds is 9. The summed E-state index contributed by atoms with van der Waals surface area (Å²) < 4.78 is 15.9. The molecule has 0 aliphatic carbocycles. The third kappa shape index (κ3) is 5.21. The molecule has 11 heteroatoms. The van der Waals surface area contributed by atoms with Gasteiger partial charge in [-0.25, -0.2) is 9.97 Å². The number of nitrogens with one attached hydrogen (secondary N) is 2. The van der Waals surface area contributed by atoms with Crippen LogP contribution in [0.3, 0.4) is 0 Å². The van der Waals surface area contributed by atoms with E-state index in [-0.39, 0.29) is 17.3 Å². The minimum Gasteiger partial charge on any atom is -0.497 e. The van der Waals surface area contributed by atoms with Gasteiger partial charge < -0.3 is 24.8 Å². The Labute approximate surface area is 168 Å². The van der Waals surface area contributed by atoms with Crippen molar-refractivity contribution in [3.8, 4) is 11.5 Å². The largest absolute Gasteiger partial charge is 0.497 e. The molecule has 0 unspecified atom stereocenters. The van der Waals surface area contributed by atoms with Crippen molar-refractivity contribution >= 4 is 23.0 Å². The number of hydrogen-bond acceptors (Lipinski definition) is 10. The van der Waals surface area contributed by atoms with E-state index in [1.165, 1.54) is 20.5 Å². The van der Waals surface area contributed by atoms with Gasteiger partial charge in [0.1, 0.15) is 17.8 Å². The number of benzene rings is 1. The van der Waals surface area contributed by atoms with Crippen LogP contribution in [0.1, 0.15) is 0 Å². The number of morpholine rings is 1. The highest BCUT2D eigenvalue weighted by molar-refractivity contribution is 5.76. The number of ether oxygens (including phenoxy) is 3. The van der Waals surface area contributed by atoms with Crippen molar-refractivity contribution in [2.75, 3.05) is 64.2 Å². The van der Waals surface area contributed by atoms with Crippen LogP contribution in [0.2, 0.25) is 0 Å². The summed E-state index contributed by atoms with van der Waals surface area (Å²) in [5, 5.41) is 17.7. The number of methoxy groups -OCH3 is 2. The van der Waals surface area contributed by atoms with Crippen LogP contribution < -0.4 is 20.1 Å². The third-order valence-corrected chi connectivity index (χ3v) is 4.49. The van der Waals surface area contributed by atoms with Crippen molar-refractivity contribution in [3.63, 3.8) is 0 Å². The quantitative estimate of drug-likeness (QED) is 0.473. The summed E-state index contributed by atoms with van der Waals surface area (Å²) >= 11 is 0.